The van der Waals surface area contributed by atoms with E-state index in [1.165, 1.54) is 0 Å². The summed E-state index contributed by atoms with van der Waals surface area (Å²) in [5.74, 6) is -2.27. The molecule has 2 saturated carbocycles. The minimum Gasteiger partial charge on any atom is -0.456 e. The van der Waals surface area contributed by atoms with Crippen LogP contribution in [0.4, 0.5) is 0 Å². The molecule has 13 nitrogen and oxygen atoms in total. The Labute approximate surface area is 328 Å². The van der Waals surface area contributed by atoms with Gasteiger partial charge in [0, 0.05) is 42.8 Å². The molecular weight excluding hydrogens is 704 g/mol. The highest BCUT2D eigenvalue weighted by molar-refractivity contribution is 5.87. The molecule has 0 aromatic rings. The van der Waals surface area contributed by atoms with Gasteiger partial charge in [-0.05, 0) is 115 Å². The minimum absolute atomic E-state index is 0.00445. The van der Waals surface area contributed by atoms with Crippen LogP contribution in [-0.2, 0) is 23.8 Å². The molecule has 17 unspecified atom stereocenters. The fraction of sp³-hybridized carbons (Fsp3) is 0.905. The molecule has 6 aliphatic rings. The van der Waals surface area contributed by atoms with Crippen molar-refractivity contribution in [3.8, 4) is 0 Å². The fourth-order valence-corrected chi connectivity index (χ4v) is 11.8. The first-order valence-electron chi connectivity index (χ1n) is 21.7. The fourth-order valence-electron chi connectivity index (χ4n) is 11.8. The second kappa shape index (κ2) is 19.0. The van der Waals surface area contributed by atoms with Crippen molar-refractivity contribution in [2.75, 3.05) is 32.8 Å². The van der Waals surface area contributed by atoms with Gasteiger partial charge in [0.25, 0.3) is 0 Å². The standard InChI is InChI=1S/C42H72N4O9/c1-5-23(3)41(52)54-32-19-29-38(51)36-31(50)18-28(21-47)53-40(36)37(39(29)55-42(32,4)14-12-24-10-11-34(44-6-2)46-20-24)35(26-13-15-45-33(43)17-26)30(22-48)25-8-7-9-27(49)16-25/h5,24-30,32-40,44-49,51H,6-22,43H2,1-4H3/p+1. The number of rotatable bonds is 13. The van der Waals surface area contributed by atoms with Gasteiger partial charge in [0.15, 0.2) is 0 Å². The Bertz CT molecular complexity index is 1310. The lowest BCUT2D eigenvalue weighted by molar-refractivity contribution is -0.708. The van der Waals surface area contributed by atoms with Crippen molar-refractivity contribution < 1.29 is 49.5 Å². The van der Waals surface area contributed by atoms with Gasteiger partial charge in [0.05, 0.1) is 55.8 Å². The van der Waals surface area contributed by atoms with Crippen LogP contribution in [0.2, 0.25) is 0 Å². The lowest BCUT2D eigenvalue weighted by atomic mass is 9.53. The molecule has 0 aromatic heterocycles. The predicted octanol–water partition coefficient (Wildman–Crippen LogP) is 1.10. The molecule has 17 atom stereocenters. The average molecular weight is 778 g/mol. The van der Waals surface area contributed by atoms with Gasteiger partial charge in [-0.2, -0.15) is 0 Å². The van der Waals surface area contributed by atoms with E-state index in [-0.39, 0.29) is 55.3 Å². The molecule has 2 aliphatic carbocycles. The van der Waals surface area contributed by atoms with Gasteiger partial charge in [0.1, 0.15) is 23.7 Å². The molecule has 0 bridgehead atoms. The molecule has 4 aliphatic heterocycles. The molecule has 314 valence electrons. The number of hydrogen-bond acceptors (Lipinski definition) is 12. The summed E-state index contributed by atoms with van der Waals surface area (Å²) < 4.78 is 20.6. The highest BCUT2D eigenvalue weighted by atomic mass is 16.6. The number of fused-ring (bicyclic) bond motifs is 2. The summed E-state index contributed by atoms with van der Waals surface area (Å²) in [6.07, 6.45) is 6.21. The largest absolute Gasteiger partial charge is 0.456 e. The molecule has 0 spiro atoms. The van der Waals surface area contributed by atoms with Crippen molar-refractivity contribution >= 4 is 11.8 Å². The number of aliphatic hydroxyl groups is 4. The van der Waals surface area contributed by atoms with E-state index in [4.69, 9.17) is 19.9 Å². The number of carbonyl (C=O) groups is 2. The topological polar surface area (TPSA) is 209 Å². The van der Waals surface area contributed by atoms with Crippen molar-refractivity contribution in [3.05, 3.63) is 11.6 Å². The number of quaternary nitrogens is 1. The average Bonchev–Trinajstić information content (AvgIpc) is 3.17. The molecule has 4 saturated heterocycles. The zero-order valence-corrected chi connectivity index (χ0v) is 33.8. The summed E-state index contributed by atoms with van der Waals surface area (Å²) >= 11 is 0. The first kappa shape index (κ1) is 43.1. The van der Waals surface area contributed by atoms with Crippen LogP contribution in [0.1, 0.15) is 105 Å². The quantitative estimate of drug-likeness (QED) is 0.0978. The second-order valence-electron chi connectivity index (χ2n) is 18.3. The Hall–Kier alpha value is -1.52. The molecule has 6 rings (SSSR count). The summed E-state index contributed by atoms with van der Waals surface area (Å²) in [6, 6.07) is 0. The maximum Gasteiger partial charge on any atom is 0.333 e. The molecule has 13 heteroatoms. The van der Waals surface area contributed by atoms with Gasteiger partial charge in [0.2, 0.25) is 0 Å². The second-order valence-corrected chi connectivity index (χ2v) is 18.3. The number of carbonyl (C=O) groups excluding carboxylic acids is 2. The third-order valence-electron chi connectivity index (χ3n) is 14.9. The highest BCUT2D eigenvalue weighted by Gasteiger charge is 2.64. The predicted molar refractivity (Wildman–Crippen MR) is 206 cm³/mol. The van der Waals surface area contributed by atoms with E-state index >= 15 is 0 Å². The molecule has 0 radical (unpaired) electrons. The molecule has 0 amide bonds. The van der Waals surface area contributed by atoms with E-state index < -0.39 is 65.9 Å². The van der Waals surface area contributed by atoms with Gasteiger partial charge in [-0.3, -0.25) is 10.1 Å². The first-order chi connectivity index (χ1) is 26.4. The van der Waals surface area contributed by atoms with Crippen LogP contribution in [-0.4, -0.2) is 120 Å². The number of Topliss-reactive ketones (excluding diaryl/α,β-unsaturated/α-hetero) is 1. The van der Waals surface area contributed by atoms with E-state index in [0.717, 1.165) is 58.0 Å². The molecule has 55 heavy (non-hydrogen) atoms. The third-order valence-corrected chi connectivity index (χ3v) is 14.9. The highest BCUT2D eigenvalue weighted by Crippen LogP contribution is 2.56. The first-order valence-corrected chi connectivity index (χ1v) is 21.7. The zero-order valence-electron chi connectivity index (χ0n) is 33.8. The Morgan fingerprint density at radius 2 is 1.93 bits per heavy atom. The molecule has 0 aromatic carbocycles. The van der Waals surface area contributed by atoms with Crippen molar-refractivity contribution in [2.24, 2.45) is 53.1 Å². The van der Waals surface area contributed by atoms with Gasteiger partial charge in [-0.15, -0.1) is 0 Å². The van der Waals surface area contributed by atoms with Crippen molar-refractivity contribution in [2.45, 2.75) is 159 Å². The number of esters is 1. The van der Waals surface area contributed by atoms with Gasteiger partial charge in [-0.1, -0.05) is 19.4 Å². The number of ketones is 1. The van der Waals surface area contributed by atoms with Crippen LogP contribution in [0.3, 0.4) is 0 Å². The smallest absolute Gasteiger partial charge is 0.333 e. The Balaban J connectivity index is 1.41. The normalized spacial score (nSPS) is 43.9. The maximum atomic E-state index is 14.1. The van der Waals surface area contributed by atoms with Crippen LogP contribution in [0.25, 0.3) is 0 Å². The van der Waals surface area contributed by atoms with Gasteiger partial charge in [-0.25, -0.2) is 4.79 Å². The van der Waals surface area contributed by atoms with Crippen LogP contribution < -0.4 is 21.7 Å². The van der Waals surface area contributed by atoms with E-state index in [0.29, 0.717) is 49.9 Å². The zero-order chi connectivity index (χ0) is 39.4. The van der Waals surface area contributed by atoms with Gasteiger partial charge >= 0.3 is 5.97 Å². The number of nitrogens with one attached hydrogen (secondary N) is 2. The van der Waals surface area contributed by atoms with Crippen LogP contribution in [0.15, 0.2) is 11.6 Å². The van der Waals surface area contributed by atoms with E-state index in [2.05, 4.69) is 29.8 Å². The summed E-state index contributed by atoms with van der Waals surface area (Å²) in [7, 11) is 0. The summed E-state index contributed by atoms with van der Waals surface area (Å²) in [4.78, 5) is 27.6. The molecule has 4 heterocycles. The van der Waals surface area contributed by atoms with Crippen molar-refractivity contribution in [1.82, 2.24) is 10.6 Å². The monoisotopic (exact) mass is 778 g/mol. The number of aliphatic hydroxyl groups excluding tert-OH is 4. The number of ether oxygens (including phenoxy) is 3. The van der Waals surface area contributed by atoms with Gasteiger partial charge < -0.3 is 51.0 Å². The summed E-state index contributed by atoms with van der Waals surface area (Å²) in [5, 5.41) is 54.3. The number of allylic oxidation sites excluding steroid dienone is 1. The van der Waals surface area contributed by atoms with E-state index in [9.17, 15) is 30.0 Å². The SMILES string of the molecule is CC=C(C)C(=O)OC1CC2C(O)C3C(=O)CC(CO)OC3C(C(C3CCNC(N)C3)C(CO)C3CCCC(O)C3)C2OC1(C)CCC1CCC(NCC)[NH2+]C1. The number of piperidine rings is 2. The lowest BCUT2D eigenvalue weighted by Gasteiger charge is -2.61. The van der Waals surface area contributed by atoms with Crippen LogP contribution >= 0.6 is 0 Å². The molecule has 6 fully saturated rings. The summed E-state index contributed by atoms with van der Waals surface area (Å²) in [6.45, 7) is 9.95. The number of hydrogen-bond donors (Lipinski definition) is 8. The maximum absolute atomic E-state index is 14.1. The Kier molecular flexibility index (Phi) is 14.9. The van der Waals surface area contributed by atoms with Crippen LogP contribution in [0.5, 0.6) is 0 Å². The summed E-state index contributed by atoms with van der Waals surface area (Å²) in [5.41, 5.74) is 6.19. The van der Waals surface area contributed by atoms with E-state index in [1.54, 1.807) is 13.0 Å². The van der Waals surface area contributed by atoms with Crippen LogP contribution in [0, 0.1) is 47.3 Å². The Morgan fingerprint density at radius 1 is 1.13 bits per heavy atom. The lowest BCUT2D eigenvalue weighted by Crippen LogP contribution is -2.95. The van der Waals surface area contributed by atoms with Crippen molar-refractivity contribution in [1.29, 1.82) is 0 Å². The van der Waals surface area contributed by atoms with Crippen molar-refractivity contribution in [3.63, 3.8) is 0 Å². The minimum atomic E-state index is -1.11. The van der Waals surface area contributed by atoms with E-state index in [1.807, 2.05) is 6.92 Å². The third kappa shape index (κ3) is 9.53. The molecule has 10 N–H and O–H groups in total. The molecular formula is C42H73N4O9+. The Morgan fingerprint density at radius 3 is 2.58 bits per heavy atom. The number of nitrogens with two attached hydrogens (primary N) is 2.